The normalized spacial score (nSPS) is 17.5. The van der Waals surface area contributed by atoms with Crippen LogP contribution in [0.2, 0.25) is 0 Å². The highest BCUT2D eigenvalue weighted by Crippen LogP contribution is 2.27. The third-order valence-corrected chi connectivity index (χ3v) is 4.83. The fourth-order valence-electron chi connectivity index (χ4n) is 3.44. The molecule has 4 rings (SSSR count). The number of hydrogen-bond donors (Lipinski definition) is 1. The molecule has 0 unspecified atom stereocenters. The Morgan fingerprint density at radius 2 is 2.04 bits per heavy atom. The number of anilines is 2. The van der Waals surface area contributed by atoms with Gasteiger partial charge in [-0.15, -0.1) is 5.10 Å². The highest BCUT2D eigenvalue weighted by Gasteiger charge is 2.28. The van der Waals surface area contributed by atoms with Crippen LogP contribution in [0.3, 0.4) is 0 Å². The van der Waals surface area contributed by atoms with Crippen LogP contribution in [0.4, 0.5) is 11.5 Å². The number of aryl methyl sites for hydroxylation is 3. The average molecular weight is 309 g/mol. The molecule has 1 saturated heterocycles. The molecule has 0 aromatic carbocycles. The Bertz CT molecular complexity index is 694. The highest BCUT2D eigenvalue weighted by molar-refractivity contribution is 5.46. The summed E-state index contributed by atoms with van der Waals surface area (Å²) >= 11 is 0. The van der Waals surface area contributed by atoms with Gasteiger partial charge < -0.3 is 10.2 Å². The molecule has 2 aliphatic rings. The quantitative estimate of drug-likeness (QED) is 0.941. The highest BCUT2D eigenvalue weighted by atomic mass is 15.3. The van der Waals surface area contributed by atoms with Crippen molar-refractivity contribution in [1.82, 2.24) is 15.2 Å². The minimum absolute atomic E-state index is 0.668. The number of hydrogen-bond acceptors (Lipinski definition) is 5. The van der Waals surface area contributed by atoms with Gasteiger partial charge in [0.2, 0.25) is 0 Å². The molecule has 0 amide bonds. The number of nitrogens with zero attached hydrogens (tertiary/aromatic N) is 4. The average Bonchev–Trinajstić information content (AvgIpc) is 2.53. The van der Waals surface area contributed by atoms with Crippen LogP contribution >= 0.6 is 0 Å². The summed E-state index contributed by atoms with van der Waals surface area (Å²) in [6.07, 6.45) is 6.66. The minimum Gasteiger partial charge on any atom is -0.385 e. The zero-order valence-corrected chi connectivity index (χ0v) is 13.6. The number of aromatic nitrogens is 3. The summed E-state index contributed by atoms with van der Waals surface area (Å²) in [6, 6.07) is 6.38. The Kier molecular flexibility index (Phi) is 3.85. The van der Waals surface area contributed by atoms with Gasteiger partial charge in [0.1, 0.15) is 0 Å². The van der Waals surface area contributed by atoms with Crippen molar-refractivity contribution in [3.63, 3.8) is 0 Å². The van der Waals surface area contributed by atoms with Crippen molar-refractivity contribution in [2.24, 2.45) is 5.92 Å². The zero-order valence-electron chi connectivity index (χ0n) is 13.6. The lowest BCUT2D eigenvalue weighted by atomic mass is 9.95. The van der Waals surface area contributed by atoms with Crippen molar-refractivity contribution >= 4 is 11.5 Å². The fraction of sp³-hybridized carbons (Fsp3) is 0.500. The van der Waals surface area contributed by atoms with E-state index in [0.717, 1.165) is 49.7 Å². The third-order valence-electron chi connectivity index (χ3n) is 4.83. The van der Waals surface area contributed by atoms with Gasteiger partial charge in [0.15, 0.2) is 5.82 Å². The maximum atomic E-state index is 4.44. The summed E-state index contributed by atoms with van der Waals surface area (Å²) in [5.74, 6) is 1.72. The minimum atomic E-state index is 0.668. The lowest BCUT2D eigenvalue weighted by Gasteiger charge is -2.40. The van der Waals surface area contributed by atoms with E-state index in [4.69, 9.17) is 0 Å². The van der Waals surface area contributed by atoms with Gasteiger partial charge in [-0.2, -0.15) is 5.10 Å². The summed E-state index contributed by atoms with van der Waals surface area (Å²) in [5.41, 5.74) is 4.83. The van der Waals surface area contributed by atoms with Crippen LogP contribution in [0.25, 0.3) is 0 Å². The largest absolute Gasteiger partial charge is 0.385 e. The number of pyridine rings is 1. The Labute approximate surface area is 137 Å². The van der Waals surface area contributed by atoms with Crippen molar-refractivity contribution in [2.75, 3.05) is 29.9 Å². The van der Waals surface area contributed by atoms with Crippen molar-refractivity contribution in [3.8, 4) is 0 Å². The molecule has 3 heterocycles. The van der Waals surface area contributed by atoms with E-state index in [1.807, 2.05) is 19.2 Å². The van der Waals surface area contributed by atoms with E-state index in [1.54, 1.807) is 0 Å². The summed E-state index contributed by atoms with van der Waals surface area (Å²) in [7, 11) is 0. The van der Waals surface area contributed by atoms with Crippen LogP contribution in [0.1, 0.15) is 29.8 Å². The first-order valence-electron chi connectivity index (χ1n) is 8.55. The maximum absolute atomic E-state index is 4.44. The van der Waals surface area contributed by atoms with Crippen LogP contribution in [0.5, 0.6) is 0 Å². The van der Waals surface area contributed by atoms with Crippen LogP contribution in [-0.4, -0.2) is 34.8 Å². The fourth-order valence-corrected chi connectivity index (χ4v) is 3.44. The van der Waals surface area contributed by atoms with Gasteiger partial charge in [0, 0.05) is 43.1 Å². The molecule has 2 aromatic rings. The van der Waals surface area contributed by atoms with Crippen LogP contribution < -0.4 is 10.2 Å². The summed E-state index contributed by atoms with van der Waals surface area (Å²) in [6.45, 7) is 5.14. The molecular weight excluding hydrogens is 286 g/mol. The first-order valence-corrected chi connectivity index (χ1v) is 8.55. The molecule has 120 valence electrons. The van der Waals surface area contributed by atoms with Crippen LogP contribution in [-0.2, 0) is 12.8 Å². The molecule has 1 aliphatic carbocycles. The number of fused-ring (bicyclic) bond motifs is 1. The molecule has 5 heteroatoms. The predicted octanol–water partition coefficient (Wildman–Crippen LogP) is 2.61. The molecule has 5 nitrogen and oxygen atoms in total. The van der Waals surface area contributed by atoms with Crippen LogP contribution in [0, 0.1) is 12.8 Å². The zero-order chi connectivity index (χ0) is 15.6. The number of rotatable bonds is 4. The van der Waals surface area contributed by atoms with Gasteiger partial charge in [-0.25, -0.2) is 0 Å². The van der Waals surface area contributed by atoms with E-state index in [1.165, 1.54) is 24.1 Å². The molecule has 0 radical (unpaired) electrons. The molecular formula is C18H23N5. The standard InChI is InChI=1S/C18H23N5/c1-13-8-16(6-7-19-13)20-10-14-11-23(12-14)18-9-15-4-2-3-5-17(15)21-22-18/h6-9,14H,2-5,10-12H2,1H3,(H,19,20). The van der Waals surface area contributed by atoms with E-state index in [9.17, 15) is 0 Å². The van der Waals surface area contributed by atoms with E-state index in [-0.39, 0.29) is 0 Å². The monoisotopic (exact) mass is 309 g/mol. The summed E-state index contributed by atoms with van der Waals surface area (Å²) < 4.78 is 0. The van der Waals surface area contributed by atoms with Gasteiger partial charge >= 0.3 is 0 Å². The van der Waals surface area contributed by atoms with Crippen molar-refractivity contribution < 1.29 is 0 Å². The van der Waals surface area contributed by atoms with Crippen molar-refractivity contribution in [2.45, 2.75) is 32.6 Å². The van der Waals surface area contributed by atoms with Crippen LogP contribution in [0.15, 0.2) is 24.4 Å². The van der Waals surface area contributed by atoms with Crippen molar-refractivity contribution in [3.05, 3.63) is 41.3 Å². The third kappa shape index (κ3) is 3.14. The SMILES string of the molecule is Cc1cc(NCC2CN(c3cc4c(nn3)CCCC4)C2)ccn1. The molecule has 0 bridgehead atoms. The second-order valence-electron chi connectivity index (χ2n) is 6.72. The van der Waals surface area contributed by atoms with Gasteiger partial charge in [0.05, 0.1) is 5.69 Å². The molecule has 0 saturated carbocycles. The molecule has 0 atom stereocenters. The lowest BCUT2D eigenvalue weighted by Crippen LogP contribution is -2.50. The summed E-state index contributed by atoms with van der Waals surface area (Å²) in [4.78, 5) is 6.56. The van der Waals surface area contributed by atoms with Gasteiger partial charge in [-0.1, -0.05) is 0 Å². The Morgan fingerprint density at radius 1 is 1.17 bits per heavy atom. The van der Waals surface area contributed by atoms with Gasteiger partial charge in [-0.3, -0.25) is 4.98 Å². The Balaban J connectivity index is 1.31. The molecule has 0 spiro atoms. The maximum Gasteiger partial charge on any atom is 0.151 e. The predicted molar refractivity (Wildman–Crippen MR) is 91.8 cm³/mol. The second-order valence-corrected chi connectivity index (χ2v) is 6.72. The second kappa shape index (κ2) is 6.14. The van der Waals surface area contributed by atoms with E-state index < -0.39 is 0 Å². The molecule has 1 N–H and O–H groups in total. The van der Waals surface area contributed by atoms with E-state index in [2.05, 4.69) is 37.5 Å². The molecule has 1 fully saturated rings. The molecule has 23 heavy (non-hydrogen) atoms. The van der Waals surface area contributed by atoms with E-state index >= 15 is 0 Å². The van der Waals surface area contributed by atoms with E-state index in [0.29, 0.717) is 5.92 Å². The molecule has 1 aliphatic heterocycles. The first kappa shape index (κ1) is 14.4. The number of nitrogens with one attached hydrogen (secondary N) is 1. The topological polar surface area (TPSA) is 53.9 Å². The first-order chi connectivity index (χ1) is 11.3. The summed E-state index contributed by atoms with van der Waals surface area (Å²) in [5, 5.41) is 12.4. The lowest BCUT2D eigenvalue weighted by molar-refractivity contribution is 0.424. The Hall–Kier alpha value is -2.17. The van der Waals surface area contributed by atoms with Crippen molar-refractivity contribution in [1.29, 1.82) is 0 Å². The molecule has 2 aromatic heterocycles. The smallest absolute Gasteiger partial charge is 0.151 e. The van der Waals surface area contributed by atoms with Gasteiger partial charge in [0.25, 0.3) is 0 Å². The van der Waals surface area contributed by atoms with Gasteiger partial charge in [-0.05, 0) is 56.4 Å². The Morgan fingerprint density at radius 3 is 2.91 bits per heavy atom.